The maximum Gasteiger partial charge on any atom is 0.325 e. The summed E-state index contributed by atoms with van der Waals surface area (Å²) in [5, 5.41) is 2.65. The van der Waals surface area contributed by atoms with Gasteiger partial charge in [-0.1, -0.05) is 12.1 Å². The number of methoxy groups -OCH3 is 2. The SMILES string of the molecule is COc1ccc(C2CCCN2C(=O)CN2C(=O)NC(C)(c3ccc(F)cc3)C2=O)c(OC)c1. The van der Waals surface area contributed by atoms with E-state index in [0.717, 1.165) is 23.3 Å². The lowest BCUT2D eigenvalue weighted by Crippen LogP contribution is -2.44. The van der Waals surface area contributed by atoms with Gasteiger partial charge in [0.1, 0.15) is 29.4 Å². The van der Waals surface area contributed by atoms with E-state index in [0.29, 0.717) is 23.6 Å². The van der Waals surface area contributed by atoms with Gasteiger partial charge in [-0.3, -0.25) is 14.5 Å². The van der Waals surface area contributed by atoms with Crippen LogP contribution in [0, 0.1) is 5.82 Å². The Balaban J connectivity index is 1.53. The van der Waals surface area contributed by atoms with Gasteiger partial charge in [0, 0.05) is 18.2 Å². The molecule has 2 aliphatic heterocycles. The number of amides is 4. The van der Waals surface area contributed by atoms with Gasteiger partial charge in [0.05, 0.1) is 20.3 Å². The zero-order valence-corrected chi connectivity index (χ0v) is 18.8. The monoisotopic (exact) mass is 455 g/mol. The molecule has 174 valence electrons. The van der Waals surface area contributed by atoms with Crippen molar-refractivity contribution >= 4 is 17.8 Å². The number of imide groups is 1. The molecule has 0 bridgehead atoms. The third kappa shape index (κ3) is 3.99. The first-order valence-corrected chi connectivity index (χ1v) is 10.7. The molecule has 1 N–H and O–H groups in total. The average Bonchev–Trinajstić information content (AvgIpc) is 3.38. The standard InChI is InChI=1S/C24H26FN3O5/c1-24(15-6-8-16(25)9-7-15)22(30)28(23(31)26-24)14-21(29)27-12-4-5-19(27)18-11-10-17(32-2)13-20(18)33-3/h6-11,13,19H,4-5,12,14H2,1-3H3,(H,26,31). The Kier molecular flexibility index (Phi) is 5.97. The van der Waals surface area contributed by atoms with E-state index >= 15 is 0 Å². The lowest BCUT2D eigenvalue weighted by Gasteiger charge is -2.28. The molecule has 9 heteroatoms. The highest BCUT2D eigenvalue weighted by Gasteiger charge is 2.50. The lowest BCUT2D eigenvalue weighted by molar-refractivity contribution is -0.139. The second-order valence-corrected chi connectivity index (χ2v) is 8.31. The third-order valence-corrected chi connectivity index (χ3v) is 6.36. The molecule has 33 heavy (non-hydrogen) atoms. The number of hydrogen-bond donors (Lipinski definition) is 1. The summed E-state index contributed by atoms with van der Waals surface area (Å²) in [4.78, 5) is 41.6. The van der Waals surface area contributed by atoms with Crippen molar-refractivity contribution < 1.29 is 28.2 Å². The minimum Gasteiger partial charge on any atom is -0.497 e. The topological polar surface area (TPSA) is 88.2 Å². The van der Waals surface area contributed by atoms with Crippen molar-refractivity contribution in [2.45, 2.75) is 31.3 Å². The summed E-state index contributed by atoms with van der Waals surface area (Å²) in [5.74, 6) is -0.0727. The number of urea groups is 1. The molecule has 2 aliphatic rings. The summed E-state index contributed by atoms with van der Waals surface area (Å²) < 4.78 is 24.1. The normalized spacial score (nSPS) is 22.5. The first-order valence-electron chi connectivity index (χ1n) is 10.7. The van der Waals surface area contributed by atoms with Gasteiger partial charge in [-0.05, 0) is 49.6 Å². The van der Waals surface area contributed by atoms with Crippen LogP contribution in [0.1, 0.15) is 36.9 Å². The van der Waals surface area contributed by atoms with Gasteiger partial charge >= 0.3 is 6.03 Å². The third-order valence-electron chi connectivity index (χ3n) is 6.36. The van der Waals surface area contributed by atoms with E-state index in [1.54, 1.807) is 32.1 Å². The van der Waals surface area contributed by atoms with E-state index < -0.39 is 23.3 Å². The number of rotatable bonds is 6. The van der Waals surface area contributed by atoms with Crippen LogP contribution < -0.4 is 14.8 Å². The molecule has 2 atom stereocenters. The fourth-order valence-electron chi connectivity index (χ4n) is 4.53. The van der Waals surface area contributed by atoms with Crippen LogP contribution in [0.4, 0.5) is 9.18 Å². The first kappa shape index (κ1) is 22.6. The van der Waals surface area contributed by atoms with E-state index in [2.05, 4.69) is 5.32 Å². The highest BCUT2D eigenvalue weighted by Crippen LogP contribution is 2.39. The van der Waals surface area contributed by atoms with Crippen LogP contribution in [0.15, 0.2) is 42.5 Å². The van der Waals surface area contributed by atoms with E-state index in [9.17, 15) is 18.8 Å². The number of nitrogens with one attached hydrogen (secondary N) is 1. The van der Waals surface area contributed by atoms with E-state index in [1.807, 2.05) is 12.1 Å². The van der Waals surface area contributed by atoms with Crippen LogP contribution >= 0.6 is 0 Å². The van der Waals surface area contributed by atoms with Gasteiger partial charge < -0.3 is 19.7 Å². The van der Waals surface area contributed by atoms with Crippen LogP contribution in [0.3, 0.4) is 0 Å². The molecule has 0 aliphatic carbocycles. The summed E-state index contributed by atoms with van der Waals surface area (Å²) in [6.45, 7) is 1.68. The molecule has 2 saturated heterocycles. The first-order chi connectivity index (χ1) is 15.8. The summed E-state index contributed by atoms with van der Waals surface area (Å²) in [7, 11) is 3.13. The molecule has 0 saturated carbocycles. The Hall–Kier alpha value is -3.62. The van der Waals surface area contributed by atoms with Crippen molar-refractivity contribution in [3.63, 3.8) is 0 Å². The van der Waals surface area contributed by atoms with E-state index in [1.165, 1.54) is 24.3 Å². The predicted molar refractivity (Wildman–Crippen MR) is 117 cm³/mol. The zero-order chi connectivity index (χ0) is 23.8. The number of benzene rings is 2. The smallest absolute Gasteiger partial charge is 0.325 e. The molecule has 0 radical (unpaired) electrons. The maximum atomic E-state index is 13.3. The summed E-state index contributed by atoms with van der Waals surface area (Å²) in [5.41, 5.74) is -0.0778. The number of carbonyl (C=O) groups is 3. The minimum absolute atomic E-state index is 0.234. The second-order valence-electron chi connectivity index (χ2n) is 8.31. The molecule has 2 heterocycles. The fourth-order valence-corrected chi connectivity index (χ4v) is 4.53. The van der Waals surface area contributed by atoms with Gasteiger partial charge in [0.15, 0.2) is 0 Å². The van der Waals surface area contributed by atoms with Crippen LogP contribution in [-0.2, 0) is 15.1 Å². The molecule has 2 fully saturated rings. The lowest BCUT2D eigenvalue weighted by atomic mass is 9.92. The Labute approximate surface area is 191 Å². The molecule has 8 nitrogen and oxygen atoms in total. The summed E-state index contributed by atoms with van der Waals surface area (Å²) >= 11 is 0. The van der Waals surface area contributed by atoms with Crippen LogP contribution in [-0.4, -0.2) is 55.0 Å². The molecule has 2 aromatic rings. The Bertz CT molecular complexity index is 1090. The maximum absolute atomic E-state index is 13.3. The number of halogens is 1. The van der Waals surface area contributed by atoms with Gasteiger partial charge in [-0.25, -0.2) is 9.18 Å². The Morgan fingerprint density at radius 1 is 1.15 bits per heavy atom. The highest BCUT2D eigenvalue weighted by molar-refractivity contribution is 6.09. The van der Waals surface area contributed by atoms with Gasteiger partial charge in [0.25, 0.3) is 5.91 Å². The summed E-state index contributed by atoms with van der Waals surface area (Å²) in [6, 6.07) is 9.91. The largest absolute Gasteiger partial charge is 0.497 e. The van der Waals surface area contributed by atoms with Crippen molar-refractivity contribution in [3.05, 3.63) is 59.4 Å². The van der Waals surface area contributed by atoms with Crippen molar-refractivity contribution in [2.75, 3.05) is 27.3 Å². The highest BCUT2D eigenvalue weighted by atomic mass is 19.1. The molecular weight excluding hydrogens is 429 g/mol. The Morgan fingerprint density at radius 2 is 1.88 bits per heavy atom. The number of likely N-dealkylation sites (tertiary alicyclic amines) is 1. The quantitative estimate of drug-likeness (QED) is 0.677. The molecule has 2 aromatic carbocycles. The molecule has 0 spiro atoms. The second kappa shape index (κ2) is 8.73. The molecule has 4 rings (SSSR count). The summed E-state index contributed by atoms with van der Waals surface area (Å²) in [6.07, 6.45) is 1.53. The molecule has 0 aromatic heterocycles. The average molecular weight is 455 g/mol. The number of nitrogens with zero attached hydrogens (tertiary/aromatic N) is 2. The van der Waals surface area contributed by atoms with Crippen molar-refractivity contribution in [3.8, 4) is 11.5 Å². The molecule has 2 unspecified atom stereocenters. The van der Waals surface area contributed by atoms with E-state index in [-0.39, 0.29) is 18.5 Å². The van der Waals surface area contributed by atoms with Gasteiger partial charge in [-0.15, -0.1) is 0 Å². The van der Waals surface area contributed by atoms with Crippen LogP contribution in [0.5, 0.6) is 11.5 Å². The fraction of sp³-hybridized carbons (Fsp3) is 0.375. The van der Waals surface area contributed by atoms with Crippen LogP contribution in [0.25, 0.3) is 0 Å². The van der Waals surface area contributed by atoms with Gasteiger partial charge in [-0.2, -0.15) is 0 Å². The van der Waals surface area contributed by atoms with Crippen LogP contribution in [0.2, 0.25) is 0 Å². The zero-order valence-electron chi connectivity index (χ0n) is 18.8. The van der Waals surface area contributed by atoms with Gasteiger partial charge in [0.2, 0.25) is 5.91 Å². The Morgan fingerprint density at radius 3 is 2.55 bits per heavy atom. The van der Waals surface area contributed by atoms with Crippen molar-refractivity contribution in [1.29, 1.82) is 0 Å². The number of ether oxygens (including phenoxy) is 2. The van der Waals surface area contributed by atoms with Crippen molar-refractivity contribution in [1.82, 2.24) is 15.1 Å². The molecular formula is C24H26FN3O5. The minimum atomic E-state index is -1.37. The number of hydrogen-bond acceptors (Lipinski definition) is 5. The number of carbonyl (C=O) groups excluding carboxylic acids is 3. The van der Waals surface area contributed by atoms with E-state index in [4.69, 9.17) is 9.47 Å². The molecule has 4 amide bonds. The van der Waals surface area contributed by atoms with Crippen molar-refractivity contribution in [2.24, 2.45) is 0 Å². The predicted octanol–water partition coefficient (Wildman–Crippen LogP) is 2.97.